The van der Waals surface area contributed by atoms with Gasteiger partial charge in [-0.3, -0.25) is 9.29 Å². The van der Waals surface area contributed by atoms with Gasteiger partial charge in [0, 0.05) is 37.1 Å². The zero-order chi connectivity index (χ0) is 29.2. The molecule has 1 atom stereocenters. The fourth-order valence-corrected chi connectivity index (χ4v) is 7.49. The fraction of sp³-hybridized carbons (Fsp3) is 0.333. The highest BCUT2D eigenvalue weighted by Crippen LogP contribution is 2.43. The first-order chi connectivity index (χ1) is 20.4. The van der Waals surface area contributed by atoms with E-state index in [0.717, 1.165) is 61.1 Å². The zero-order valence-corrected chi connectivity index (χ0v) is 26.0. The van der Waals surface area contributed by atoms with E-state index in [2.05, 4.69) is 90.4 Å². The van der Waals surface area contributed by atoms with Crippen molar-refractivity contribution in [1.29, 1.82) is 0 Å². The van der Waals surface area contributed by atoms with E-state index in [1.165, 1.54) is 50.2 Å². The Morgan fingerprint density at radius 3 is 2.55 bits per heavy atom. The summed E-state index contributed by atoms with van der Waals surface area (Å²) >= 11 is 8.06. The summed E-state index contributed by atoms with van der Waals surface area (Å²) in [6.45, 7) is 8.70. The Balaban J connectivity index is 1.36. The number of nitrogens with zero attached hydrogens (tertiary/aromatic N) is 2. The molecule has 0 saturated carbocycles. The Morgan fingerprint density at radius 1 is 1.02 bits per heavy atom. The standard InChI is InChI=1S/C36H38ClFN2OS/c1-24-20-29(37)11-15-32(24)34-7-4-6-27-21-28(35-23-42-25(2)39(35)3)10-14-33(27)36(34)26-8-12-30(13-9-26)41-31-16-19-40(22-31)18-5-17-38/h8-15,20-21,23,31H,2,4-7,16-19,22H2,1,3H3. The van der Waals surface area contributed by atoms with Crippen LogP contribution in [0.2, 0.25) is 5.02 Å². The first-order valence-corrected chi connectivity index (χ1v) is 16.1. The molecule has 0 spiro atoms. The normalized spacial score (nSPS) is 19.2. The number of halogens is 2. The van der Waals surface area contributed by atoms with Crippen LogP contribution in [0, 0.1) is 6.92 Å². The summed E-state index contributed by atoms with van der Waals surface area (Å²) < 4.78 is 19.0. The molecule has 6 rings (SSSR count). The first kappa shape index (κ1) is 29.1. The first-order valence-electron chi connectivity index (χ1n) is 14.9. The molecule has 1 unspecified atom stereocenters. The van der Waals surface area contributed by atoms with Crippen molar-refractivity contribution in [2.75, 3.05) is 33.4 Å². The second kappa shape index (κ2) is 12.7. The highest BCUT2D eigenvalue weighted by molar-refractivity contribution is 8.06. The number of ether oxygens (including phenoxy) is 1. The van der Waals surface area contributed by atoms with Gasteiger partial charge in [0.15, 0.2) is 0 Å². The minimum absolute atomic E-state index is 0.149. The molecule has 2 heterocycles. The van der Waals surface area contributed by atoms with Crippen LogP contribution in [-0.2, 0) is 6.42 Å². The monoisotopic (exact) mass is 600 g/mol. The summed E-state index contributed by atoms with van der Waals surface area (Å²) in [4.78, 5) is 4.47. The van der Waals surface area contributed by atoms with Gasteiger partial charge in [-0.05, 0) is 114 Å². The third-order valence-electron chi connectivity index (χ3n) is 8.68. The van der Waals surface area contributed by atoms with Crippen LogP contribution >= 0.6 is 23.4 Å². The minimum Gasteiger partial charge on any atom is -0.489 e. The predicted molar refractivity (Wildman–Crippen MR) is 176 cm³/mol. The van der Waals surface area contributed by atoms with Gasteiger partial charge in [-0.1, -0.05) is 60.3 Å². The van der Waals surface area contributed by atoms with Crippen LogP contribution in [0.5, 0.6) is 5.75 Å². The SMILES string of the molecule is C=C1SC=C(c2ccc3c(c2)CCCC(c2ccc(Cl)cc2C)=C3c2ccc(OC3CCN(CCCF)C3)cc2)N1C. The Morgan fingerprint density at radius 2 is 1.81 bits per heavy atom. The number of alkyl halides is 1. The van der Waals surface area contributed by atoms with Crippen molar-refractivity contribution in [3.8, 4) is 5.75 Å². The number of likely N-dealkylation sites (tertiary alicyclic amines) is 1. The Kier molecular flexibility index (Phi) is 8.80. The van der Waals surface area contributed by atoms with E-state index < -0.39 is 0 Å². The molecule has 2 aliphatic heterocycles. The van der Waals surface area contributed by atoms with Crippen LogP contribution in [0.15, 0.2) is 77.7 Å². The number of allylic oxidation sites excluding steroid dienone is 1. The van der Waals surface area contributed by atoms with Gasteiger partial charge in [-0.15, -0.1) is 0 Å². The van der Waals surface area contributed by atoms with E-state index in [4.69, 9.17) is 16.3 Å². The topological polar surface area (TPSA) is 15.7 Å². The maximum absolute atomic E-state index is 12.6. The molecule has 0 N–H and O–H groups in total. The predicted octanol–water partition coefficient (Wildman–Crippen LogP) is 9.20. The van der Waals surface area contributed by atoms with Crippen LogP contribution < -0.4 is 4.74 Å². The lowest BCUT2D eigenvalue weighted by molar-refractivity contribution is 0.198. The Labute approximate surface area is 258 Å². The van der Waals surface area contributed by atoms with Gasteiger partial charge in [-0.25, -0.2) is 0 Å². The van der Waals surface area contributed by atoms with Crippen LogP contribution in [0.25, 0.3) is 16.8 Å². The van der Waals surface area contributed by atoms with Crippen molar-refractivity contribution >= 4 is 40.2 Å². The quantitative estimate of drug-likeness (QED) is 0.256. The molecule has 1 aliphatic carbocycles. The number of benzene rings is 3. The number of hydrogen-bond donors (Lipinski definition) is 0. The van der Waals surface area contributed by atoms with E-state index in [0.29, 0.717) is 6.42 Å². The maximum Gasteiger partial charge on any atom is 0.119 e. The van der Waals surface area contributed by atoms with Crippen LogP contribution in [0.3, 0.4) is 0 Å². The Bertz CT molecular complexity index is 1550. The molecule has 3 nitrogen and oxygen atoms in total. The zero-order valence-electron chi connectivity index (χ0n) is 24.5. The summed E-state index contributed by atoms with van der Waals surface area (Å²) in [5, 5.41) is 4.01. The van der Waals surface area contributed by atoms with Crippen LogP contribution in [0.4, 0.5) is 4.39 Å². The highest BCUT2D eigenvalue weighted by Gasteiger charge is 2.25. The summed E-state index contributed by atoms with van der Waals surface area (Å²) in [5.41, 5.74) is 11.4. The molecule has 6 heteroatoms. The smallest absolute Gasteiger partial charge is 0.119 e. The fourth-order valence-electron chi connectivity index (χ4n) is 6.46. The molecule has 42 heavy (non-hydrogen) atoms. The Hall–Kier alpha value is -2.99. The molecular formula is C36H38ClFN2OS. The third kappa shape index (κ3) is 6.06. The van der Waals surface area contributed by atoms with Crippen LogP contribution in [-0.4, -0.2) is 49.3 Å². The molecule has 0 bridgehead atoms. The number of rotatable bonds is 8. The summed E-state index contributed by atoms with van der Waals surface area (Å²) in [5.74, 6) is 0.888. The van der Waals surface area contributed by atoms with Gasteiger partial charge in [0.1, 0.15) is 11.9 Å². The average Bonchev–Trinajstić information content (AvgIpc) is 3.52. The van der Waals surface area contributed by atoms with Crippen molar-refractivity contribution in [3.05, 3.63) is 116 Å². The third-order valence-corrected chi connectivity index (χ3v) is 9.81. The van der Waals surface area contributed by atoms with Gasteiger partial charge in [0.25, 0.3) is 0 Å². The molecule has 1 saturated heterocycles. The van der Waals surface area contributed by atoms with Crippen molar-refractivity contribution in [2.24, 2.45) is 0 Å². The lowest BCUT2D eigenvalue weighted by Gasteiger charge is -2.21. The van der Waals surface area contributed by atoms with E-state index >= 15 is 0 Å². The minimum atomic E-state index is -0.259. The van der Waals surface area contributed by atoms with E-state index in [1.807, 2.05) is 6.07 Å². The molecule has 3 aromatic carbocycles. The summed E-state index contributed by atoms with van der Waals surface area (Å²) in [7, 11) is 2.09. The second-order valence-electron chi connectivity index (χ2n) is 11.5. The van der Waals surface area contributed by atoms with Gasteiger partial charge in [0.05, 0.1) is 17.4 Å². The van der Waals surface area contributed by atoms with Gasteiger partial charge in [-0.2, -0.15) is 0 Å². The average molecular weight is 601 g/mol. The number of fused-ring (bicyclic) bond motifs is 1. The molecule has 0 aromatic heterocycles. The largest absolute Gasteiger partial charge is 0.489 e. The van der Waals surface area contributed by atoms with E-state index in [-0.39, 0.29) is 12.8 Å². The molecule has 1 fully saturated rings. The van der Waals surface area contributed by atoms with Crippen LogP contribution in [0.1, 0.15) is 59.1 Å². The molecule has 0 radical (unpaired) electrons. The second-order valence-corrected chi connectivity index (χ2v) is 12.9. The molecule has 3 aromatic rings. The van der Waals surface area contributed by atoms with Gasteiger partial charge >= 0.3 is 0 Å². The van der Waals surface area contributed by atoms with E-state index in [9.17, 15) is 4.39 Å². The lowest BCUT2D eigenvalue weighted by Crippen LogP contribution is -2.26. The molecule has 3 aliphatic rings. The number of hydrogen-bond acceptors (Lipinski definition) is 4. The van der Waals surface area contributed by atoms with Crippen molar-refractivity contribution in [3.63, 3.8) is 0 Å². The summed E-state index contributed by atoms with van der Waals surface area (Å²) in [6, 6.07) is 21.8. The maximum atomic E-state index is 12.6. The van der Waals surface area contributed by atoms with Crippen molar-refractivity contribution < 1.29 is 9.13 Å². The summed E-state index contributed by atoms with van der Waals surface area (Å²) in [6.07, 6.45) is 4.82. The molecule has 218 valence electrons. The van der Waals surface area contributed by atoms with Crippen molar-refractivity contribution in [1.82, 2.24) is 9.80 Å². The highest BCUT2D eigenvalue weighted by atomic mass is 35.5. The number of thioether (sulfide) groups is 1. The lowest BCUT2D eigenvalue weighted by atomic mass is 9.86. The molecular weight excluding hydrogens is 563 g/mol. The molecule has 0 amide bonds. The van der Waals surface area contributed by atoms with Gasteiger partial charge in [0.2, 0.25) is 0 Å². The van der Waals surface area contributed by atoms with E-state index in [1.54, 1.807) is 11.8 Å². The van der Waals surface area contributed by atoms with Crippen molar-refractivity contribution in [2.45, 2.75) is 45.1 Å². The van der Waals surface area contributed by atoms with Gasteiger partial charge < -0.3 is 9.64 Å². The number of aryl methyl sites for hydroxylation is 2.